The first kappa shape index (κ1) is 33.9. The third-order valence-corrected chi connectivity index (χ3v) is 7.19. The van der Waals surface area contributed by atoms with Crippen molar-refractivity contribution >= 4 is 0 Å². The molecule has 31 heavy (non-hydrogen) atoms. The number of nitrogens with zero attached hydrogens (tertiary/aromatic N) is 1. The van der Waals surface area contributed by atoms with Crippen LogP contribution in [0, 0.1) is 0 Å². The van der Waals surface area contributed by atoms with E-state index >= 15 is 0 Å². The summed E-state index contributed by atoms with van der Waals surface area (Å²) in [6.07, 6.45) is 30.3. The van der Waals surface area contributed by atoms with Gasteiger partial charge in [0.15, 0.2) is 0 Å². The van der Waals surface area contributed by atoms with Crippen molar-refractivity contribution in [1.82, 2.24) is 0 Å². The molecule has 0 bridgehead atoms. The van der Waals surface area contributed by atoms with Crippen LogP contribution in [0.2, 0.25) is 0 Å². The Hall–Kier alpha value is 0.690. The highest BCUT2D eigenvalue weighted by molar-refractivity contribution is 4.53. The molecule has 0 amide bonds. The Morgan fingerprint density at radius 1 is 0.290 bits per heavy atom. The highest BCUT2D eigenvalue weighted by Crippen LogP contribution is 2.19. The van der Waals surface area contributed by atoms with Crippen molar-refractivity contribution in [1.29, 1.82) is 0 Å². The van der Waals surface area contributed by atoms with Crippen molar-refractivity contribution < 1.29 is 28.5 Å². The molecule has 0 saturated carbocycles. The maximum Gasteiger partial charge on any atom is 0.0786 e. The zero-order valence-electron chi connectivity index (χ0n) is 22.5. The largest absolute Gasteiger partial charge is 1.00 e. The number of hydrogen-bond donors (Lipinski definition) is 0. The first-order valence-corrected chi connectivity index (χ1v) is 14.6. The lowest BCUT2D eigenvalue weighted by Gasteiger charge is -2.39. The quantitative estimate of drug-likeness (QED) is 0.0646. The second kappa shape index (κ2) is 26.9. The molecule has 0 atom stereocenters. The summed E-state index contributed by atoms with van der Waals surface area (Å²) in [5.74, 6) is 0. The average Bonchev–Trinajstić information content (AvgIpc) is 2.75. The van der Waals surface area contributed by atoms with Gasteiger partial charge in [-0.25, -0.2) is 0 Å². The second-order valence-corrected chi connectivity index (χ2v) is 10.2. The van der Waals surface area contributed by atoms with Crippen LogP contribution >= 0.6 is 0 Å². The summed E-state index contributed by atoms with van der Waals surface area (Å²) in [5, 5.41) is 0. The zero-order valence-corrected chi connectivity index (χ0v) is 24.7. The molecule has 0 spiro atoms. The van der Waals surface area contributed by atoms with E-state index < -0.39 is 0 Å². The highest BCUT2D eigenvalue weighted by atomic mass is 127. The minimum atomic E-state index is 0. The highest BCUT2D eigenvalue weighted by Gasteiger charge is 2.25. The molecule has 190 valence electrons. The monoisotopic (exact) mass is 551 g/mol. The smallest absolute Gasteiger partial charge is 0.0786 e. The standard InChI is InChI=1S/C29H62N.HI/c1-5-9-13-14-15-16-17-18-19-20-21-25-29-30(26-22-10-6-2,27-23-11-7-3)28-24-12-8-4;/h5-29H2,1-4H3;1H/q+1;/p-1. The fourth-order valence-electron chi connectivity index (χ4n) is 5.05. The molecule has 2 heteroatoms. The molecule has 0 radical (unpaired) electrons. The summed E-state index contributed by atoms with van der Waals surface area (Å²) in [6, 6.07) is 0. The summed E-state index contributed by atoms with van der Waals surface area (Å²) in [7, 11) is 0. The summed E-state index contributed by atoms with van der Waals surface area (Å²) >= 11 is 0. The predicted molar refractivity (Wildman–Crippen MR) is 139 cm³/mol. The Balaban J connectivity index is 0. The number of halogens is 1. The van der Waals surface area contributed by atoms with Crippen molar-refractivity contribution in [2.24, 2.45) is 0 Å². The van der Waals surface area contributed by atoms with Crippen LogP contribution < -0.4 is 24.0 Å². The Bertz CT molecular complexity index is 291. The van der Waals surface area contributed by atoms with E-state index in [9.17, 15) is 0 Å². The van der Waals surface area contributed by atoms with E-state index in [-0.39, 0.29) is 24.0 Å². The summed E-state index contributed by atoms with van der Waals surface area (Å²) in [5.41, 5.74) is 0. The van der Waals surface area contributed by atoms with Crippen LogP contribution in [0.1, 0.15) is 163 Å². The van der Waals surface area contributed by atoms with Gasteiger partial charge in [0.1, 0.15) is 0 Å². The number of rotatable bonds is 25. The lowest BCUT2D eigenvalue weighted by atomic mass is 10.0. The fourth-order valence-corrected chi connectivity index (χ4v) is 5.05. The van der Waals surface area contributed by atoms with E-state index in [1.165, 1.54) is 165 Å². The Labute approximate surface area is 216 Å². The van der Waals surface area contributed by atoms with Crippen LogP contribution in [-0.2, 0) is 0 Å². The minimum absolute atomic E-state index is 0. The van der Waals surface area contributed by atoms with Gasteiger partial charge in [-0.1, -0.05) is 111 Å². The molecule has 0 heterocycles. The van der Waals surface area contributed by atoms with Gasteiger partial charge in [0.2, 0.25) is 0 Å². The van der Waals surface area contributed by atoms with Crippen LogP contribution in [0.15, 0.2) is 0 Å². The minimum Gasteiger partial charge on any atom is -1.00 e. The topological polar surface area (TPSA) is 0 Å². The summed E-state index contributed by atoms with van der Waals surface area (Å²) in [4.78, 5) is 0. The van der Waals surface area contributed by atoms with Gasteiger partial charge in [0.25, 0.3) is 0 Å². The molecule has 0 rings (SSSR count). The number of hydrogen-bond acceptors (Lipinski definition) is 0. The molecule has 0 aliphatic rings. The lowest BCUT2D eigenvalue weighted by molar-refractivity contribution is -0.929. The van der Waals surface area contributed by atoms with E-state index in [1.54, 1.807) is 0 Å². The molecule has 0 aromatic heterocycles. The van der Waals surface area contributed by atoms with Crippen molar-refractivity contribution in [2.45, 2.75) is 163 Å². The average molecular weight is 552 g/mol. The van der Waals surface area contributed by atoms with E-state index in [2.05, 4.69) is 27.7 Å². The normalized spacial score (nSPS) is 11.6. The third kappa shape index (κ3) is 22.3. The van der Waals surface area contributed by atoms with E-state index in [1.807, 2.05) is 0 Å². The molecule has 0 aromatic carbocycles. The van der Waals surface area contributed by atoms with Crippen LogP contribution in [-0.4, -0.2) is 30.7 Å². The summed E-state index contributed by atoms with van der Waals surface area (Å²) < 4.78 is 1.46. The summed E-state index contributed by atoms with van der Waals surface area (Å²) in [6.45, 7) is 15.2. The van der Waals surface area contributed by atoms with Crippen LogP contribution in [0.5, 0.6) is 0 Å². The molecule has 1 nitrogen and oxygen atoms in total. The Morgan fingerprint density at radius 3 is 0.774 bits per heavy atom. The second-order valence-electron chi connectivity index (χ2n) is 10.2. The van der Waals surface area contributed by atoms with Crippen LogP contribution in [0.25, 0.3) is 0 Å². The first-order chi connectivity index (χ1) is 14.7. The maximum absolute atomic E-state index is 2.36. The van der Waals surface area contributed by atoms with Gasteiger partial charge < -0.3 is 28.5 Å². The molecule has 0 unspecified atom stereocenters. The van der Waals surface area contributed by atoms with Gasteiger partial charge in [-0.15, -0.1) is 0 Å². The third-order valence-electron chi connectivity index (χ3n) is 7.19. The van der Waals surface area contributed by atoms with Crippen LogP contribution in [0.4, 0.5) is 0 Å². The molecule has 0 aliphatic carbocycles. The molecule has 0 saturated heterocycles. The first-order valence-electron chi connectivity index (χ1n) is 14.6. The van der Waals surface area contributed by atoms with Gasteiger partial charge in [-0.05, 0) is 51.4 Å². The van der Waals surface area contributed by atoms with Gasteiger partial charge in [-0.2, -0.15) is 0 Å². The SMILES string of the molecule is CCCCCCCCCCCCCC[N+](CCCCC)(CCCCC)CCCCC.[I-]. The molecule has 0 aromatic rings. The molecule has 0 N–H and O–H groups in total. The van der Waals surface area contributed by atoms with E-state index in [0.29, 0.717) is 0 Å². The Morgan fingerprint density at radius 2 is 0.484 bits per heavy atom. The maximum atomic E-state index is 2.36. The van der Waals surface area contributed by atoms with E-state index in [0.717, 1.165) is 0 Å². The van der Waals surface area contributed by atoms with Crippen LogP contribution in [0.3, 0.4) is 0 Å². The van der Waals surface area contributed by atoms with Gasteiger partial charge >= 0.3 is 0 Å². The number of quaternary nitrogens is 1. The molecular formula is C29H62IN. The number of unbranched alkanes of at least 4 members (excludes halogenated alkanes) is 17. The van der Waals surface area contributed by atoms with Gasteiger partial charge in [0.05, 0.1) is 26.2 Å². The Kier molecular flexibility index (Phi) is 29.4. The van der Waals surface area contributed by atoms with Gasteiger partial charge in [-0.3, -0.25) is 0 Å². The van der Waals surface area contributed by atoms with Crippen molar-refractivity contribution in [3.05, 3.63) is 0 Å². The lowest BCUT2D eigenvalue weighted by Crippen LogP contribution is -3.00. The molecular weight excluding hydrogens is 489 g/mol. The van der Waals surface area contributed by atoms with Crippen molar-refractivity contribution in [3.8, 4) is 0 Å². The van der Waals surface area contributed by atoms with Gasteiger partial charge in [0, 0.05) is 0 Å². The van der Waals surface area contributed by atoms with E-state index in [4.69, 9.17) is 0 Å². The predicted octanol–water partition coefficient (Wildman–Crippen LogP) is 7.08. The fraction of sp³-hybridized carbons (Fsp3) is 1.00. The molecule has 0 aliphatic heterocycles. The van der Waals surface area contributed by atoms with Crippen molar-refractivity contribution in [2.75, 3.05) is 26.2 Å². The molecule has 0 fully saturated rings. The van der Waals surface area contributed by atoms with Crippen molar-refractivity contribution in [3.63, 3.8) is 0 Å². The zero-order chi connectivity index (χ0) is 22.2.